The number of rotatable bonds is 16. The van der Waals surface area contributed by atoms with E-state index in [0.29, 0.717) is 0 Å². The van der Waals surface area contributed by atoms with Crippen LogP contribution in [0.2, 0.25) is 0 Å². The number of halogens is 16. The van der Waals surface area contributed by atoms with Crippen molar-refractivity contribution in [1.82, 2.24) is 19.9 Å². The van der Waals surface area contributed by atoms with Gasteiger partial charge in [0.05, 0.1) is 86.9 Å². The SMILES string of the molecule is O=C(O)c1ccc(Sc2c(F)c(F)c(-c3c4nc(c(-c5c(F)c(F)c(Sc6ccc(C(=O)O)cc6)c(F)c5F)c5ccc([nH]5)c(-c5c(F)c(F)c(Sc6ccc(C(=O)O)cc6)c(F)c5F)c5nc(c(-c6c(F)c(F)c(Sc7ccc(C(=O)O)cc7)c(F)c6F)c6ccc3[nH]6)C=C5)C=C4)c(F)c2F)cc1. The van der Waals surface area contributed by atoms with Gasteiger partial charge in [0.25, 0.3) is 0 Å². The lowest BCUT2D eigenvalue weighted by atomic mass is 10.0. The third-order valence-corrected chi connectivity index (χ3v) is 20.2. The number of hydrogen-bond donors (Lipinski definition) is 6. The van der Waals surface area contributed by atoms with Crippen molar-refractivity contribution in [3.8, 4) is 44.5 Å². The Bertz CT molecular complexity index is 5030. The lowest BCUT2D eigenvalue weighted by molar-refractivity contribution is 0.0686. The van der Waals surface area contributed by atoms with E-state index in [1.807, 2.05) is 0 Å². The van der Waals surface area contributed by atoms with E-state index in [-0.39, 0.29) is 88.9 Å². The molecule has 5 heterocycles. The number of aromatic amines is 2. The Morgan fingerprint density at radius 2 is 0.404 bits per heavy atom. The summed E-state index contributed by atoms with van der Waals surface area (Å²) in [6, 6.07) is 19.1. The Balaban J connectivity index is 1.15. The molecule has 0 unspecified atom stereocenters. The van der Waals surface area contributed by atoms with E-state index >= 15 is 70.2 Å². The zero-order valence-corrected chi connectivity index (χ0v) is 54.1. The van der Waals surface area contributed by atoms with Gasteiger partial charge < -0.3 is 30.4 Å². The molecule has 2 aliphatic heterocycles. The second-order valence-electron chi connectivity index (χ2n) is 22.1. The van der Waals surface area contributed by atoms with Crippen LogP contribution in [-0.2, 0) is 0 Å². The van der Waals surface area contributed by atoms with Crippen molar-refractivity contribution in [3.63, 3.8) is 0 Å². The van der Waals surface area contributed by atoms with Gasteiger partial charge in [-0.3, -0.25) is 0 Å². The average Bonchev–Trinajstić information content (AvgIpc) is 1.50. The molecule has 6 N–H and O–H groups in total. The highest BCUT2D eigenvalue weighted by Gasteiger charge is 2.36. The third kappa shape index (κ3) is 12.5. The predicted molar refractivity (Wildman–Crippen MR) is 350 cm³/mol. The van der Waals surface area contributed by atoms with Gasteiger partial charge in [-0.25, -0.2) is 99.4 Å². The summed E-state index contributed by atoms with van der Waals surface area (Å²) in [5.74, 6) is -41.1. The number of hydrogen-bond acceptors (Lipinski definition) is 10. The molecule has 0 fully saturated rings. The fraction of sp³-hybridized carbons (Fsp3) is 0. The van der Waals surface area contributed by atoms with Gasteiger partial charge in [-0.05, 0) is 146 Å². The van der Waals surface area contributed by atoms with Crippen molar-refractivity contribution in [2.24, 2.45) is 0 Å². The van der Waals surface area contributed by atoms with Crippen molar-refractivity contribution in [2.45, 2.75) is 39.2 Å². The zero-order chi connectivity index (χ0) is 74.3. The molecule has 0 aliphatic carbocycles. The van der Waals surface area contributed by atoms with Crippen LogP contribution in [0.15, 0.2) is 160 Å². The molecule has 11 aromatic rings. The molecular formula is C72H30F16N4O8S4. The molecule has 0 amide bonds. The maximum atomic E-state index is 17.4. The van der Waals surface area contributed by atoms with Crippen molar-refractivity contribution in [2.75, 3.05) is 0 Å². The largest absolute Gasteiger partial charge is 0.478 e. The van der Waals surface area contributed by atoms with Crippen LogP contribution in [0.1, 0.15) is 64.2 Å². The van der Waals surface area contributed by atoms with Gasteiger partial charge in [0, 0.05) is 63.9 Å². The second-order valence-corrected chi connectivity index (χ2v) is 26.4. The van der Waals surface area contributed by atoms with E-state index in [0.717, 1.165) is 146 Å². The molecule has 522 valence electrons. The summed E-state index contributed by atoms with van der Waals surface area (Å²) in [5, 5.41) is 37.6. The summed E-state index contributed by atoms with van der Waals surface area (Å²) in [4.78, 5) is 53.6. The summed E-state index contributed by atoms with van der Waals surface area (Å²) in [6.07, 6.45) is 2.95. The second kappa shape index (κ2) is 27.7. The van der Waals surface area contributed by atoms with E-state index in [2.05, 4.69) is 19.9 Å². The minimum atomic E-state index is -2.27. The Labute approximate surface area is 587 Å². The number of carboxylic acids is 4. The number of H-pyrrole nitrogens is 2. The molecule has 0 saturated carbocycles. The van der Waals surface area contributed by atoms with Gasteiger partial charge in [0.1, 0.15) is 0 Å². The van der Waals surface area contributed by atoms with E-state index in [1.54, 1.807) is 0 Å². The van der Waals surface area contributed by atoms with Gasteiger partial charge in [0.2, 0.25) is 0 Å². The van der Waals surface area contributed by atoms with Gasteiger partial charge >= 0.3 is 23.9 Å². The molecule has 0 spiro atoms. The molecule has 0 radical (unpaired) electrons. The lowest BCUT2D eigenvalue weighted by Gasteiger charge is -2.14. The number of aromatic carboxylic acids is 4. The Hall–Kier alpha value is -11.5. The van der Waals surface area contributed by atoms with Crippen LogP contribution >= 0.6 is 47.0 Å². The van der Waals surface area contributed by atoms with Crippen LogP contribution in [-0.4, -0.2) is 64.2 Å². The summed E-state index contributed by atoms with van der Waals surface area (Å²) < 4.78 is 274. The highest BCUT2D eigenvalue weighted by Crippen LogP contribution is 2.49. The monoisotopic (exact) mass is 1510 g/mol. The lowest BCUT2D eigenvalue weighted by Crippen LogP contribution is -2.05. The van der Waals surface area contributed by atoms with Crippen molar-refractivity contribution >= 4 is 117 Å². The summed E-state index contributed by atoms with van der Waals surface area (Å²) in [5.41, 5.74) is -19.9. The van der Waals surface area contributed by atoms with Crippen molar-refractivity contribution < 1.29 is 110 Å². The minimum absolute atomic E-state index is 0.0547. The molecule has 12 nitrogen and oxygen atoms in total. The third-order valence-electron chi connectivity index (χ3n) is 15.9. The summed E-state index contributed by atoms with van der Waals surface area (Å²) >= 11 is 0.219. The smallest absolute Gasteiger partial charge is 0.335 e. The van der Waals surface area contributed by atoms with E-state index in [1.165, 1.54) is 0 Å². The number of carbonyl (C=O) groups is 4. The summed E-state index contributed by atoms with van der Waals surface area (Å²) in [6.45, 7) is 0. The molecule has 32 heteroatoms. The van der Waals surface area contributed by atoms with Crippen LogP contribution in [0.3, 0.4) is 0 Å². The van der Waals surface area contributed by atoms with Gasteiger partial charge in [-0.1, -0.05) is 47.0 Å². The molecule has 13 rings (SSSR count). The standard InChI is InChI=1S/C72H30F16N4O8S4/c73-49-45(50(74)58(82)65(57(49)81)101-29-9-1-25(2-10-29)69(93)94)41-33-17-19-35(89-33)42(46-51(75)59(83)66(60(84)52(46)76)102-30-11-3-26(4-12-30)70(95)96)37-21-23-39(91-37)44(48-55(79)63(87)68(64(88)56(48)80)104-32-15-7-28(8-16-32)72(99)100)40-24-22-38(92-40)43(36-20-18-34(41)90-36)47-53(77)61(85)67(62(86)54(47)78)103-31-13-5-27(6-14-31)71(97)98/h1-24,89,92H,(H,93,94)(H,95,96)(H,97,98)(H,99,100). The van der Waals surface area contributed by atoms with Crippen LogP contribution < -0.4 is 0 Å². The van der Waals surface area contributed by atoms with E-state index in [4.69, 9.17) is 0 Å². The first-order valence-electron chi connectivity index (χ1n) is 29.2. The first-order chi connectivity index (χ1) is 49.5. The average molecular weight is 1510 g/mol. The van der Waals surface area contributed by atoms with Gasteiger partial charge in [-0.2, -0.15) is 0 Å². The van der Waals surface area contributed by atoms with E-state index < -0.39 is 226 Å². The minimum Gasteiger partial charge on any atom is -0.478 e. The fourth-order valence-corrected chi connectivity index (χ4v) is 14.5. The first kappa shape index (κ1) is 70.9. The van der Waals surface area contributed by atoms with Gasteiger partial charge in [0.15, 0.2) is 93.1 Å². The first-order valence-corrected chi connectivity index (χ1v) is 32.5. The highest BCUT2D eigenvalue weighted by molar-refractivity contribution is 8.00. The topological polar surface area (TPSA) is 207 Å². The normalized spacial score (nSPS) is 11.8. The quantitative estimate of drug-likeness (QED) is 0.0393. The zero-order valence-electron chi connectivity index (χ0n) is 50.9. The van der Waals surface area contributed by atoms with Crippen LogP contribution in [0.4, 0.5) is 70.2 Å². The number of nitrogens with one attached hydrogen (secondary N) is 2. The molecule has 3 aromatic heterocycles. The molecule has 8 bridgehead atoms. The van der Waals surface area contributed by atoms with E-state index in [9.17, 15) is 39.6 Å². The number of carboxylic acid groups (broad SMARTS) is 4. The number of aromatic nitrogens is 4. The molecule has 2 aliphatic rings. The molecule has 8 aromatic carbocycles. The van der Waals surface area contributed by atoms with Crippen LogP contribution in [0, 0.1) is 93.1 Å². The fourth-order valence-electron chi connectivity index (χ4n) is 11.1. The number of benzene rings is 8. The Morgan fingerprint density at radius 3 is 0.558 bits per heavy atom. The maximum Gasteiger partial charge on any atom is 0.335 e. The highest BCUT2D eigenvalue weighted by atomic mass is 32.2. The molecule has 0 atom stereocenters. The number of nitrogens with zero attached hydrogens (tertiary/aromatic N) is 2. The van der Waals surface area contributed by atoms with Crippen molar-refractivity contribution in [3.05, 3.63) is 259 Å². The number of fused-ring (bicyclic) bond motifs is 8. The van der Waals surface area contributed by atoms with Crippen LogP contribution in [0.5, 0.6) is 0 Å². The Kier molecular flexibility index (Phi) is 18.9. The Morgan fingerprint density at radius 1 is 0.240 bits per heavy atom. The molecule has 0 saturated heterocycles. The molecular weight excluding hydrogens is 1480 g/mol. The maximum absolute atomic E-state index is 17.4. The predicted octanol–water partition coefficient (Wildman–Crippen LogP) is 20.9. The molecule has 104 heavy (non-hydrogen) atoms. The van der Waals surface area contributed by atoms with Gasteiger partial charge in [-0.15, -0.1) is 0 Å². The van der Waals surface area contributed by atoms with Crippen LogP contribution in [0.25, 0.3) is 90.9 Å². The van der Waals surface area contributed by atoms with Crippen molar-refractivity contribution in [1.29, 1.82) is 0 Å². The summed E-state index contributed by atoms with van der Waals surface area (Å²) in [7, 11) is 0.